The lowest BCUT2D eigenvalue weighted by Gasteiger charge is -2.43. The van der Waals surface area contributed by atoms with Crippen LogP contribution in [0.5, 0.6) is 0 Å². The molecule has 0 spiro atoms. The van der Waals surface area contributed by atoms with Gasteiger partial charge in [0.05, 0.1) is 38.0 Å². The Labute approximate surface area is 177 Å². The van der Waals surface area contributed by atoms with Gasteiger partial charge in [-0.1, -0.05) is 25.3 Å². The zero-order valence-electron chi connectivity index (χ0n) is 18.0. The summed E-state index contributed by atoms with van der Waals surface area (Å²) in [6.45, 7) is 7.94. The number of unbranched alkanes of at least 4 members (excludes halogenated alkanes) is 3. The Morgan fingerprint density at radius 2 is 1.60 bits per heavy atom. The second kappa shape index (κ2) is 11.8. The minimum atomic E-state index is -0.773. The molecule has 0 radical (unpaired) electrons. The van der Waals surface area contributed by atoms with E-state index in [4.69, 9.17) is 19.3 Å². The molecular weight excluding hydrogens is 392 g/mol. The molecule has 9 heteroatoms. The maximum absolute atomic E-state index is 12.6. The summed E-state index contributed by atoms with van der Waals surface area (Å²) in [5.41, 5.74) is 0. The minimum absolute atomic E-state index is 0.0597. The fraction of sp³-hybridized carbons (Fsp3) is 0.762. The number of amides is 2. The molecule has 2 aliphatic rings. The third-order valence-corrected chi connectivity index (χ3v) is 5.63. The van der Waals surface area contributed by atoms with Gasteiger partial charge in [0.15, 0.2) is 0 Å². The molecule has 1 saturated carbocycles. The second-order valence-corrected chi connectivity index (χ2v) is 7.55. The van der Waals surface area contributed by atoms with Gasteiger partial charge >= 0.3 is 18.2 Å². The number of hydrogen-bond acceptors (Lipinski definition) is 6. The van der Waals surface area contributed by atoms with Crippen molar-refractivity contribution in [2.75, 3.05) is 19.8 Å². The Morgan fingerprint density at radius 3 is 2.17 bits per heavy atom. The molecule has 1 heterocycles. The number of rotatable bonds is 12. The number of fused-ring (bicyclic) bond motifs is 2. The highest BCUT2D eigenvalue weighted by molar-refractivity contribution is 5.76. The van der Waals surface area contributed by atoms with Gasteiger partial charge in [-0.2, -0.15) is 0 Å². The molecule has 0 aromatic rings. The summed E-state index contributed by atoms with van der Waals surface area (Å²) in [4.78, 5) is 35.9. The van der Waals surface area contributed by atoms with Crippen LogP contribution in [0.3, 0.4) is 0 Å². The Morgan fingerprint density at radius 1 is 1.00 bits per heavy atom. The van der Waals surface area contributed by atoms with E-state index in [1.807, 2.05) is 0 Å². The van der Waals surface area contributed by atoms with Crippen molar-refractivity contribution in [1.82, 2.24) is 10.0 Å². The van der Waals surface area contributed by atoms with Crippen molar-refractivity contribution in [2.24, 2.45) is 5.92 Å². The van der Waals surface area contributed by atoms with Crippen LogP contribution in [0, 0.1) is 5.92 Å². The largest absolute Gasteiger partial charge is 0.481 e. The zero-order chi connectivity index (χ0) is 22.1. The molecule has 0 aromatic heterocycles. The summed E-state index contributed by atoms with van der Waals surface area (Å²) < 4.78 is 16.4. The third kappa shape index (κ3) is 5.65. The van der Waals surface area contributed by atoms with E-state index in [1.165, 1.54) is 10.0 Å². The van der Waals surface area contributed by atoms with Crippen molar-refractivity contribution in [1.29, 1.82) is 0 Å². The quantitative estimate of drug-likeness (QED) is 0.375. The Kier molecular flexibility index (Phi) is 9.42. The SMILES string of the molecule is C=CCO[C@@H]1[C@@H](CCCCCCC(=O)O)[C@@H]2C[C@@H]1N(C(=O)OCC)N2C(=O)OCC. The average molecular weight is 427 g/mol. The lowest BCUT2D eigenvalue weighted by Crippen LogP contribution is -2.61. The normalized spacial score (nSPS) is 24.7. The van der Waals surface area contributed by atoms with Crippen LogP contribution in [0.4, 0.5) is 9.59 Å². The molecule has 1 N–H and O–H groups in total. The van der Waals surface area contributed by atoms with Gasteiger partial charge in [0.25, 0.3) is 0 Å². The molecule has 1 aliphatic carbocycles. The van der Waals surface area contributed by atoms with Crippen molar-refractivity contribution in [3.05, 3.63) is 12.7 Å². The van der Waals surface area contributed by atoms with Gasteiger partial charge in [-0.25, -0.2) is 19.6 Å². The van der Waals surface area contributed by atoms with Crippen LogP contribution >= 0.6 is 0 Å². The molecule has 2 amide bonds. The molecule has 2 fully saturated rings. The Balaban J connectivity index is 2.09. The topological polar surface area (TPSA) is 106 Å². The van der Waals surface area contributed by atoms with E-state index in [0.717, 1.165) is 25.7 Å². The van der Waals surface area contributed by atoms with Crippen molar-refractivity contribution < 1.29 is 33.7 Å². The fourth-order valence-electron chi connectivity index (χ4n) is 4.51. The molecule has 0 aromatic carbocycles. The van der Waals surface area contributed by atoms with Crippen LogP contribution in [0.15, 0.2) is 12.7 Å². The van der Waals surface area contributed by atoms with Gasteiger partial charge < -0.3 is 19.3 Å². The number of hydrogen-bond donors (Lipinski definition) is 1. The van der Waals surface area contributed by atoms with Crippen LogP contribution in [-0.2, 0) is 19.0 Å². The van der Waals surface area contributed by atoms with E-state index in [2.05, 4.69) is 6.58 Å². The predicted molar refractivity (Wildman–Crippen MR) is 109 cm³/mol. The number of ether oxygens (including phenoxy) is 3. The number of nitrogens with zero attached hydrogens (tertiary/aromatic N) is 2. The molecular formula is C21H34N2O7. The van der Waals surface area contributed by atoms with Crippen molar-refractivity contribution in [3.8, 4) is 0 Å². The van der Waals surface area contributed by atoms with Crippen LogP contribution in [0.2, 0.25) is 0 Å². The van der Waals surface area contributed by atoms with Crippen molar-refractivity contribution in [3.63, 3.8) is 0 Å². The lowest BCUT2D eigenvalue weighted by atomic mass is 9.92. The molecule has 9 nitrogen and oxygen atoms in total. The van der Waals surface area contributed by atoms with Gasteiger partial charge in [-0.05, 0) is 33.1 Å². The van der Waals surface area contributed by atoms with Crippen LogP contribution in [0.1, 0.15) is 58.8 Å². The first-order valence-electron chi connectivity index (χ1n) is 10.8. The van der Waals surface area contributed by atoms with E-state index in [1.54, 1.807) is 19.9 Å². The highest BCUT2D eigenvalue weighted by atomic mass is 16.6. The number of carboxylic acid groups (broad SMARTS) is 1. The second-order valence-electron chi connectivity index (χ2n) is 7.55. The number of aliphatic carboxylic acids is 1. The number of hydrazine groups is 1. The van der Waals surface area contributed by atoms with E-state index < -0.39 is 18.2 Å². The highest BCUT2D eigenvalue weighted by Gasteiger charge is 2.60. The van der Waals surface area contributed by atoms with Gasteiger partial charge in [0, 0.05) is 12.3 Å². The first-order valence-corrected chi connectivity index (χ1v) is 10.8. The molecule has 0 unspecified atom stereocenters. The monoisotopic (exact) mass is 426 g/mol. The van der Waals surface area contributed by atoms with Gasteiger partial charge in [0.2, 0.25) is 0 Å². The summed E-state index contributed by atoms with van der Waals surface area (Å²) in [6, 6.07) is -0.497. The van der Waals surface area contributed by atoms with Crippen LogP contribution in [-0.4, -0.2) is 71.3 Å². The maximum atomic E-state index is 12.6. The Hall–Kier alpha value is -2.29. The van der Waals surface area contributed by atoms with Crippen molar-refractivity contribution >= 4 is 18.2 Å². The maximum Gasteiger partial charge on any atom is 0.429 e. The molecule has 1 aliphatic heterocycles. The lowest BCUT2D eigenvalue weighted by molar-refractivity contribution is -0.137. The van der Waals surface area contributed by atoms with Gasteiger partial charge in [0.1, 0.15) is 0 Å². The van der Waals surface area contributed by atoms with E-state index in [0.29, 0.717) is 19.4 Å². The molecule has 170 valence electrons. The molecule has 2 rings (SSSR count). The average Bonchev–Trinajstić information content (AvgIpc) is 3.25. The summed E-state index contributed by atoms with van der Waals surface area (Å²) in [6.07, 6.45) is 5.28. The first kappa shape index (κ1) is 24.0. The van der Waals surface area contributed by atoms with Gasteiger partial charge in [-0.15, -0.1) is 6.58 Å². The van der Waals surface area contributed by atoms with Crippen LogP contribution in [0.25, 0.3) is 0 Å². The molecule has 4 atom stereocenters. The van der Waals surface area contributed by atoms with Crippen LogP contribution < -0.4 is 0 Å². The summed E-state index contributed by atoms with van der Waals surface area (Å²) in [5, 5.41) is 11.5. The van der Waals surface area contributed by atoms with Gasteiger partial charge in [-0.3, -0.25) is 4.79 Å². The standard InChI is InChI=1S/C21H34N2O7/c1-4-13-30-19-15(11-9-7-8-10-12-18(24)25)16-14-17(19)23(21(27)29-6-3)22(16)20(26)28-5-2/h4,15-17,19H,1,5-14H2,2-3H3,(H,24,25)/t15-,16-,17-,19+/m0/s1. The van der Waals surface area contributed by atoms with E-state index in [-0.39, 0.29) is 43.7 Å². The van der Waals surface area contributed by atoms with Crippen molar-refractivity contribution in [2.45, 2.75) is 77.0 Å². The summed E-state index contributed by atoms with van der Waals surface area (Å²) >= 11 is 0. The fourth-order valence-corrected chi connectivity index (χ4v) is 4.51. The molecule has 2 bridgehead atoms. The van der Waals surface area contributed by atoms with E-state index >= 15 is 0 Å². The number of carbonyl (C=O) groups is 3. The number of carbonyl (C=O) groups excluding carboxylic acids is 2. The highest BCUT2D eigenvalue weighted by Crippen LogP contribution is 2.46. The number of carboxylic acids is 1. The summed E-state index contributed by atoms with van der Waals surface area (Å²) in [7, 11) is 0. The smallest absolute Gasteiger partial charge is 0.429 e. The minimum Gasteiger partial charge on any atom is -0.481 e. The predicted octanol–water partition coefficient (Wildman–Crippen LogP) is 3.59. The first-order chi connectivity index (χ1) is 14.5. The summed E-state index contributed by atoms with van der Waals surface area (Å²) in [5.74, 6) is -0.713. The van der Waals surface area contributed by atoms with E-state index in [9.17, 15) is 14.4 Å². The Bertz CT molecular complexity index is 612. The third-order valence-electron chi connectivity index (χ3n) is 5.63. The zero-order valence-corrected chi connectivity index (χ0v) is 18.0. The molecule has 30 heavy (non-hydrogen) atoms. The molecule has 1 saturated heterocycles.